The highest BCUT2D eigenvalue weighted by Crippen LogP contribution is 2.43. The molecule has 4 N–H and O–H groups in total. The Bertz CT molecular complexity index is 1310. The number of phosphoric acid groups is 1. The fraction of sp³-hybridized carbons (Fsp3) is 0.904. The van der Waals surface area contributed by atoms with E-state index >= 15 is 0 Å². The summed E-state index contributed by atoms with van der Waals surface area (Å²) in [5, 5.41) is 31.5. The Kier molecular flexibility index (Phi) is 36.9. The first kappa shape index (κ1) is 62.3. The van der Waals surface area contributed by atoms with Crippen molar-refractivity contribution in [3.8, 4) is 0 Å². The van der Waals surface area contributed by atoms with E-state index in [4.69, 9.17) is 18.5 Å². The van der Waals surface area contributed by atoms with Crippen LogP contribution in [0.3, 0.4) is 0 Å². The number of likely N-dealkylation sites (N-methyl/N-ethyl adjacent to an activating group) is 1. The number of aliphatic hydroxyl groups excluding tert-OH is 3. The van der Waals surface area contributed by atoms with Crippen LogP contribution in [0.15, 0.2) is 12.2 Å². The smallest absolute Gasteiger partial charge is 0.462 e. The lowest BCUT2D eigenvalue weighted by atomic mass is 9.87. The van der Waals surface area contributed by atoms with Crippen LogP contribution in [0.1, 0.15) is 219 Å². The van der Waals surface area contributed by atoms with Crippen molar-refractivity contribution in [3.63, 3.8) is 0 Å². The lowest BCUT2D eigenvalue weighted by molar-refractivity contribution is -0.870. The minimum absolute atomic E-state index is 0.0329. The van der Waals surface area contributed by atoms with Gasteiger partial charge in [0, 0.05) is 43.9 Å². The zero-order valence-corrected chi connectivity index (χ0v) is 43.4. The Labute approximate surface area is 401 Å². The Morgan fingerprint density at radius 1 is 0.636 bits per heavy atom. The molecule has 0 radical (unpaired) electrons. The summed E-state index contributed by atoms with van der Waals surface area (Å²) < 4.78 is 34.3. The van der Waals surface area contributed by atoms with E-state index in [9.17, 15) is 39.2 Å². The molecule has 0 spiro atoms. The van der Waals surface area contributed by atoms with Crippen molar-refractivity contribution in [1.82, 2.24) is 0 Å². The molecular weight excluding hydrogens is 862 g/mol. The number of nitrogens with zero attached hydrogens (tertiary/aromatic N) is 1. The van der Waals surface area contributed by atoms with Gasteiger partial charge in [-0.25, -0.2) is 4.57 Å². The minimum atomic E-state index is -4.48. The normalized spacial score (nSPS) is 19.5. The summed E-state index contributed by atoms with van der Waals surface area (Å²) in [5.41, 5.74) is 0. The van der Waals surface area contributed by atoms with Crippen LogP contribution in [-0.2, 0) is 37.5 Å². The van der Waals surface area contributed by atoms with Gasteiger partial charge < -0.3 is 34.2 Å². The first-order valence-electron chi connectivity index (χ1n) is 26.6. The number of quaternary nitrogens is 1. The van der Waals surface area contributed by atoms with Gasteiger partial charge in [-0.2, -0.15) is 0 Å². The fourth-order valence-corrected chi connectivity index (χ4v) is 9.28. The number of Topliss-reactive ketones (excluding diaryl/α,β-unsaturated/α-hetero) is 1. The zero-order valence-electron chi connectivity index (χ0n) is 42.5. The molecule has 0 aliphatic heterocycles. The number of rotatable bonds is 45. The van der Waals surface area contributed by atoms with Crippen molar-refractivity contribution in [1.29, 1.82) is 0 Å². The SMILES string of the molecule is CCCCCCCCCCCCCCCCCCCCCCCC(=O)OC[C@H](COP(=O)(O)OCC[N+](C)(C)C)OC(=O)CCCCC(=O)C[C@@H]1[C@@H](/C=C/[C@@H](O)CCCCC)[C@H](O)C[C@@H]1O. The van der Waals surface area contributed by atoms with E-state index in [2.05, 4.69) is 13.8 Å². The Hall–Kier alpha value is -1.70. The van der Waals surface area contributed by atoms with Gasteiger partial charge in [0.05, 0.1) is 46.1 Å². The minimum Gasteiger partial charge on any atom is -0.462 e. The highest BCUT2D eigenvalue weighted by atomic mass is 31.2. The van der Waals surface area contributed by atoms with Gasteiger partial charge in [-0.1, -0.05) is 174 Å². The Balaban J connectivity index is 2.39. The van der Waals surface area contributed by atoms with E-state index in [1.165, 1.54) is 109 Å². The maximum Gasteiger partial charge on any atom is 0.472 e. The molecule has 1 unspecified atom stereocenters. The summed E-state index contributed by atoms with van der Waals surface area (Å²) in [6, 6.07) is 0. The number of carbonyl (C=O) groups is 3. The fourth-order valence-electron chi connectivity index (χ4n) is 8.54. The van der Waals surface area contributed by atoms with E-state index in [0.29, 0.717) is 36.7 Å². The standard InChI is InChI=1S/C52H98NO12P/c1-6-8-10-11-12-13-14-15-16-17-18-19-20-21-22-23-24-25-26-27-29-34-51(58)62-42-46(43-64-66(60,61)63-39-38-53(3,4)5)65-52(59)35-31-30-33-45(55)40-48-47(49(56)41-50(48)57)37-36-44(54)32-28-9-7-2/h36-37,44,46-50,54,56-57H,6-35,38-43H2,1-5H3/p+1/b37-36+/t44-,46+,47+,48+,49+,50-/m0/s1. The maximum absolute atomic E-state index is 12.9. The average molecular weight is 961 g/mol. The van der Waals surface area contributed by atoms with E-state index in [1.54, 1.807) is 12.2 Å². The number of carbonyl (C=O) groups excluding carboxylic acids is 3. The van der Waals surface area contributed by atoms with Crippen LogP contribution in [-0.4, -0.2) is 114 Å². The molecule has 7 atom stereocenters. The first-order valence-corrected chi connectivity index (χ1v) is 28.1. The highest BCUT2D eigenvalue weighted by Gasteiger charge is 2.41. The van der Waals surface area contributed by atoms with Crippen molar-refractivity contribution >= 4 is 25.5 Å². The molecule has 0 aromatic rings. The molecule has 1 rings (SSSR count). The van der Waals surface area contributed by atoms with Crippen molar-refractivity contribution in [3.05, 3.63) is 12.2 Å². The zero-order chi connectivity index (χ0) is 48.9. The van der Waals surface area contributed by atoms with Crippen molar-refractivity contribution in [2.75, 3.05) is 47.5 Å². The maximum atomic E-state index is 12.9. The third-order valence-corrected chi connectivity index (χ3v) is 13.8. The molecule has 14 heteroatoms. The summed E-state index contributed by atoms with van der Waals surface area (Å²) in [5.74, 6) is -2.07. The summed E-state index contributed by atoms with van der Waals surface area (Å²) in [6.07, 6.45) is 31.7. The predicted molar refractivity (Wildman–Crippen MR) is 264 cm³/mol. The lowest BCUT2D eigenvalue weighted by Crippen LogP contribution is -2.37. The number of hydrogen-bond donors (Lipinski definition) is 4. The van der Waals surface area contributed by atoms with Gasteiger partial charge >= 0.3 is 19.8 Å². The molecule has 1 aliphatic carbocycles. The quantitative estimate of drug-likeness (QED) is 0.0149. The third-order valence-electron chi connectivity index (χ3n) is 12.8. The van der Waals surface area contributed by atoms with E-state index in [-0.39, 0.29) is 51.1 Å². The number of esters is 2. The van der Waals surface area contributed by atoms with Crippen LogP contribution >= 0.6 is 7.82 Å². The number of ether oxygens (including phenoxy) is 2. The van der Waals surface area contributed by atoms with Crippen molar-refractivity contribution in [2.24, 2.45) is 11.8 Å². The molecule has 1 aliphatic rings. The molecular formula is C52H99NO12P+. The molecule has 66 heavy (non-hydrogen) atoms. The number of aliphatic hydroxyl groups is 3. The van der Waals surface area contributed by atoms with Gasteiger partial charge in [-0.3, -0.25) is 23.4 Å². The van der Waals surface area contributed by atoms with Crippen LogP contribution in [0.4, 0.5) is 0 Å². The van der Waals surface area contributed by atoms with Crippen LogP contribution in [0, 0.1) is 11.8 Å². The topological polar surface area (TPSA) is 186 Å². The molecule has 13 nitrogen and oxygen atoms in total. The van der Waals surface area contributed by atoms with E-state index in [0.717, 1.165) is 38.5 Å². The van der Waals surface area contributed by atoms with Gasteiger partial charge in [0.15, 0.2) is 6.10 Å². The van der Waals surface area contributed by atoms with Crippen LogP contribution in [0.2, 0.25) is 0 Å². The molecule has 0 bridgehead atoms. The van der Waals surface area contributed by atoms with Gasteiger partial charge in [-0.15, -0.1) is 0 Å². The second-order valence-corrected chi connectivity index (χ2v) is 21.7. The number of phosphoric ester groups is 1. The molecule has 0 aromatic heterocycles. The summed E-state index contributed by atoms with van der Waals surface area (Å²) in [6.45, 7) is 3.92. The second kappa shape index (κ2) is 39.1. The van der Waals surface area contributed by atoms with E-state index < -0.39 is 62.6 Å². The first-order chi connectivity index (χ1) is 31.6. The van der Waals surface area contributed by atoms with Gasteiger partial charge in [0.1, 0.15) is 25.5 Å². The summed E-state index contributed by atoms with van der Waals surface area (Å²) in [4.78, 5) is 48.7. The van der Waals surface area contributed by atoms with Gasteiger partial charge in [0.25, 0.3) is 0 Å². The number of ketones is 1. The Morgan fingerprint density at radius 2 is 1.11 bits per heavy atom. The monoisotopic (exact) mass is 961 g/mol. The van der Waals surface area contributed by atoms with E-state index in [1.807, 2.05) is 21.1 Å². The molecule has 0 heterocycles. The largest absolute Gasteiger partial charge is 0.472 e. The molecule has 0 aromatic carbocycles. The molecule has 388 valence electrons. The van der Waals surface area contributed by atoms with Crippen molar-refractivity contribution < 1.29 is 62.2 Å². The third kappa shape index (κ3) is 35.4. The Morgan fingerprint density at radius 3 is 1.64 bits per heavy atom. The lowest BCUT2D eigenvalue weighted by Gasteiger charge is -2.24. The van der Waals surface area contributed by atoms with Crippen molar-refractivity contribution in [2.45, 2.75) is 244 Å². The van der Waals surface area contributed by atoms with Crippen LogP contribution in [0.5, 0.6) is 0 Å². The molecule has 1 saturated carbocycles. The van der Waals surface area contributed by atoms with Crippen LogP contribution < -0.4 is 0 Å². The second-order valence-electron chi connectivity index (χ2n) is 20.2. The summed E-state index contributed by atoms with van der Waals surface area (Å²) >= 11 is 0. The predicted octanol–water partition coefficient (Wildman–Crippen LogP) is 11.3. The molecule has 0 amide bonds. The summed E-state index contributed by atoms with van der Waals surface area (Å²) in [7, 11) is 1.26. The highest BCUT2D eigenvalue weighted by molar-refractivity contribution is 7.47. The average Bonchev–Trinajstić information content (AvgIpc) is 3.52. The van der Waals surface area contributed by atoms with Gasteiger partial charge in [0.2, 0.25) is 0 Å². The molecule has 1 fully saturated rings. The van der Waals surface area contributed by atoms with Crippen LogP contribution in [0.25, 0.3) is 0 Å². The molecule has 0 saturated heterocycles. The number of unbranched alkanes of at least 4 members (excludes halogenated alkanes) is 23. The number of hydrogen-bond acceptors (Lipinski definition) is 11. The van der Waals surface area contributed by atoms with Gasteiger partial charge in [-0.05, 0) is 25.7 Å².